The molecule has 0 saturated carbocycles. The first kappa shape index (κ1) is 27.8. The molecule has 0 fully saturated rings. The first-order chi connectivity index (χ1) is 20.2. The van der Waals surface area contributed by atoms with Gasteiger partial charge < -0.3 is 14.4 Å². The van der Waals surface area contributed by atoms with Crippen molar-refractivity contribution in [1.29, 1.82) is 0 Å². The van der Waals surface area contributed by atoms with Gasteiger partial charge in [0, 0.05) is 6.54 Å². The molecule has 0 unspecified atom stereocenters. The van der Waals surface area contributed by atoms with Gasteiger partial charge in [0.05, 0.1) is 11.7 Å². The van der Waals surface area contributed by atoms with Crippen LogP contribution in [-0.2, 0) is 37.5 Å². The van der Waals surface area contributed by atoms with Crippen LogP contribution >= 0.6 is 0 Å². The Bertz CT molecular complexity index is 1570. The van der Waals surface area contributed by atoms with Crippen molar-refractivity contribution >= 4 is 23.7 Å². The largest absolute Gasteiger partial charge is 0.460 e. The monoisotopic (exact) mass is 564 g/mol. The Morgan fingerprint density at radius 2 is 1.64 bits per heavy atom. The number of fused-ring (bicyclic) bond motifs is 6. The second kappa shape index (κ2) is 10.5. The summed E-state index contributed by atoms with van der Waals surface area (Å²) < 4.78 is 11.8. The molecule has 0 saturated heterocycles. The summed E-state index contributed by atoms with van der Waals surface area (Å²) in [6.45, 7) is 8.07. The molecule has 2 amide bonds. The molecule has 42 heavy (non-hydrogen) atoms. The second-order valence-corrected chi connectivity index (χ2v) is 12.2. The highest BCUT2D eigenvalue weighted by molar-refractivity contribution is 6.23. The summed E-state index contributed by atoms with van der Waals surface area (Å²) in [5.41, 5.74) is 2.58. The van der Waals surface area contributed by atoms with Gasteiger partial charge in [-0.25, -0.2) is 9.69 Å². The molecule has 0 N–H and O–H groups in total. The van der Waals surface area contributed by atoms with Gasteiger partial charge in [0.1, 0.15) is 23.5 Å². The van der Waals surface area contributed by atoms with Crippen molar-refractivity contribution in [3.63, 3.8) is 0 Å². The Balaban J connectivity index is 1.57. The van der Waals surface area contributed by atoms with Crippen LogP contribution in [0, 0.1) is 5.92 Å². The van der Waals surface area contributed by atoms with Gasteiger partial charge in [0.25, 0.3) is 5.91 Å². The van der Waals surface area contributed by atoms with E-state index >= 15 is 4.79 Å². The number of nitrogens with zero attached hydrogens (tertiary/aromatic N) is 2. The predicted octanol–water partition coefficient (Wildman–Crippen LogP) is 6.47. The summed E-state index contributed by atoms with van der Waals surface area (Å²) >= 11 is 0. The van der Waals surface area contributed by atoms with Gasteiger partial charge >= 0.3 is 12.1 Å². The molecule has 3 aromatic rings. The minimum absolute atomic E-state index is 0.0832. The summed E-state index contributed by atoms with van der Waals surface area (Å²) in [7, 11) is 0. The number of imide groups is 1. The van der Waals surface area contributed by atoms with Gasteiger partial charge in [-0.1, -0.05) is 79.7 Å². The molecule has 0 aromatic heterocycles. The van der Waals surface area contributed by atoms with E-state index in [1.54, 1.807) is 32.9 Å². The summed E-state index contributed by atoms with van der Waals surface area (Å²) in [6, 6.07) is 24.4. The lowest BCUT2D eigenvalue weighted by molar-refractivity contribution is -0.156. The maximum atomic E-state index is 15.1. The third-order valence-electron chi connectivity index (χ3n) is 8.50. The number of anilines is 1. The van der Waals surface area contributed by atoms with E-state index in [0.717, 1.165) is 33.6 Å². The number of rotatable bonds is 4. The Labute approximate surface area is 246 Å². The van der Waals surface area contributed by atoms with Gasteiger partial charge in [0.15, 0.2) is 0 Å². The summed E-state index contributed by atoms with van der Waals surface area (Å²) in [5, 5.41) is 0. The van der Waals surface area contributed by atoms with Crippen molar-refractivity contribution in [2.45, 2.75) is 64.2 Å². The van der Waals surface area contributed by atoms with Crippen LogP contribution < -0.4 is 4.90 Å². The van der Waals surface area contributed by atoms with Gasteiger partial charge in [-0.05, 0) is 73.7 Å². The first-order valence-electron chi connectivity index (χ1n) is 14.6. The Morgan fingerprint density at radius 1 is 0.952 bits per heavy atom. The maximum absolute atomic E-state index is 15.1. The van der Waals surface area contributed by atoms with Crippen LogP contribution in [0.3, 0.4) is 0 Å². The summed E-state index contributed by atoms with van der Waals surface area (Å²) in [6.07, 6.45) is 2.65. The van der Waals surface area contributed by atoms with E-state index in [0.29, 0.717) is 24.2 Å². The molecule has 216 valence electrons. The third-order valence-corrected chi connectivity index (χ3v) is 8.50. The minimum Gasteiger partial charge on any atom is -0.460 e. The molecular formula is C35H36N2O5. The van der Waals surface area contributed by atoms with Crippen LogP contribution in [0.5, 0.6) is 0 Å². The molecule has 3 aliphatic rings. The average molecular weight is 565 g/mol. The number of amides is 2. The van der Waals surface area contributed by atoms with Gasteiger partial charge in [-0.2, -0.15) is 0 Å². The van der Waals surface area contributed by atoms with E-state index in [4.69, 9.17) is 9.47 Å². The molecule has 0 radical (unpaired) electrons. The zero-order chi connectivity index (χ0) is 29.6. The van der Waals surface area contributed by atoms with E-state index in [2.05, 4.69) is 11.0 Å². The number of esters is 1. The molecule has 3 aromatic carbocycles. The molecule has 7 heteroatoms. The highest BCUT2D eigenvalue weighted by Gasteiger charge is 2.68. The van der Waals surface area contributed by atoms with Crippen LogP contribution in [0.25, 0.3) is 0 Å². The summed E-state index contributed by atoms with van der Waals surface area (Å²) in [5.74, 6) is -1.89. The zero-order valence-corrected chi connectivity index (χ0v) is 24.5. The number of benzene rings is 3. The van der Waals surface area contributed by atoms with Crippen LogP contribution in [0.15, 0.2) is 90.6 Å². The molecule has 7 nitrogen and oxygen atoms in total. The summed E-state index contributed by atoms with van der Waals surface area (Å²) in [4.78, 5) is 46.6. The van der Waals surface area contributed by atoms with Gasteiger partial charge in [-0.3, -0.25) is 9.59 Å². The molecule has 6 rings (SSSR count). The molecule has 3 aliphatic heterocycles. The number of carbonyl (C=O) groups excluding carboxylic acids is 3. The van der Waals surface area contributed by atoms with Crippen molar-refractivity contribution in [1.82, 2.24) is 4.90 Å². The number of ether oxygens (including phenoxy) is 2. The molecular weight excluding hydrogens is 528 g/mol. The van der Waals surface area contributed by atoms with E-state index in [9.17, 15) is 9.59 Å². The normalized spacial score (nSPS) is 22.7. The average Bonchev–Trinajstić information content (AvgIpc) is 3.23. The number of carbonyl (C=O) groups is 3. The quantitative estimate of drug-likeness (QED) is 0.338. The third kappa shape index (κ3) is 4.39. The number of hydrogen-bond acceptors (Lipinski definition) is 6. The van der Waals surface area contributed by atoms with Crippen molar-refractivity contribution in [3.8, 4) is 0 Å². The van der Waals surface area contributed by atoms with E-state index in [1.807, 2.05) is 73.8 Å². The van der Waals surface area contributed by atoms with E-state index in [1.165, 1.54) is 0 Å². The Kier molecular flexibility index (Phi) is 6.92. The second-order valence-electron chi connectivity index (χ2n) is 12.2. The van der Waals surface area contributed by atoms with Gasteiger partial charge in [0.2, 0.25) is 0 Å². The standard InChI is InChI=1S/C35H36N2O5/c1-5-24-21-36-20-19-25-15-9-10-16-26(25)30(36)35(29(24)31(38)41-22-23-13-7-6-8-14-23)27-17-11-12-18-28(27)37(32(35)39)33(40)42-34(2,3)4/h6-18,21,29-30H,5,19-20,22H2,1-4H3/t29-,30+,35+/m0/s1. The molecule has 3 atom stereocenters. The molecule has 3 heterocycles. The zero-order valence-electron chi connectivity index (χ0n) is 24.5. The fourth-order valence-electron chi connectivity index (χ4n) is 6.87. The predicted molar refractivity (Wildman–Crippen MR) is 160 cm³/mol. The van der Waals surface area contributed by atoms with Gasteiger partial charge in [-0.15, -0.1) is 0 Å². The minimum atomic E-state index is -1.45. The topological polar surface area (TPSA) is 76.2 Å². The lowest BCUT2D eigenvalue weighted by atomic mass is 9.58. The van der Waals surface area contributed by atoms with Crippen molar-refractivity contribution in [3.05, 3.63) is 113 Å². The van der Waals surface area contributed by atoms with Crippen LogP contribution in [0.4, 0.5) is 10.5 Å². The number of hydrogen-bond donors (Lipinski definition) is 0. The fraction of sp³-hybridized carbons (Fsp3) is 0.343. The van der Waals surface area contributed by atoms with Crippen molar-refractivity contribution in [2.75, 3.05) is 11.4 Å². The first-order valence-corrected chi connectivity index (χ1v) is 14.6. The smallest absolute Gasteiger partial charge is 0.421 e. The highest BCUT2D eigenvalue weighted by Crippen LogP contribution is 2.61. The van der Waals surface area contributed by atoms with Crippen LogP contribution in [0.1, 0.15) is 62.4 Å². The molecule has 0 bridgehead atoms. The molecule has 1 spiro atoms. The fourth-order valence-corrected chi connectivity index (χ4v) is 6.87. The van der Waals surface area contributed by atoms with Crippen LogP contribution in [0.2, 0.25) is 0 Å². The Hall–Kier alpha value is -4.39. The maximum Gasteiger partial charge on any atom is 0.421 e. The SMILES string of the molecule is CCC1=CN2CCc3ccccc3[C@@H]2[C@]2(C(=O)N(C(=O)OC(C)(C)C)c3ccccc32)[C@@H]1C(=O)OCc1ccccc1. The van der Waals surface area contributed by atoms with E-state index in [-0.39, 0.29) is 6.61 Å². The van der Waals surface area contributed by atoms with Crippen molar-refractivity contribution < 1.29 is 23.9 Å². The lowest BCUT2D eigenvalue weighted by Crippen LogP contribution is -2.60. The van der Waals surface area contributed by atoms with Crippen molar-refractivity contribution in [2.24, 2.45) is 5.92 Å². The number of para-hydroxylation sites is 1. The highest BCUT2D eigenvalue weighted by atomic mass is 16.6. The lowest BCUT2D eigenvalue weighted by Gasteiger charge is -2.52. The van der Waals surface area contributed by atoms with Crippen LogP contribution in [-0.4, -0.2) is 35.0 Å². The Morgan fingerprint density at radius 3 is 2.38 bits per heavy atom. The van der Waals surface area contributed by atoms with E-state index < -0.39 is 40.9 Å². The molecule has 0 aliphatic carbocycles.